The SMILES string of the molecule is CC[C@H]1/C2=C/c3[n-]c4c(c3C)C(=O)C(C(=O)OC)=C4C3[N-]/C(=C\c4[n-]c(c(C(C)=O)c4C)/C=C(\[N-]2)[C@@H]1C)[C@@H](C)[C@@H]3CCC(=O)OC/C=C(\C)CCC[C@H](C)CCC[C@H](C)CCCC(C)C.[Mg+2]. The van der Waals surface area contributed by atoms with Gasteiger partial charge in [-0.2, -0.15) is 17.1 Å². The molecule has 0 spiro atoms. The van der Waals surface area contributed by atoms with Gasteiger partial charge < -0.3 is 30.1 Å². The number of ketones is 2. The zero-order valence-corrected chi connectivity index (χ0v) is 43.5. The van der Waals surface area contributed by atoms with Gasteiger partial charge in [0.25, 0.3) is 0 Å². The molecule has 2 saturated heterocycles. The topological polar surface area (TPSA) is 143 Å². The smallest absolute Gasteiger partial charge is 0.681 e. The summed E-state index contributed by atoms with van der Waals surface area (Å²) in [5.74, 6) is 0.347. The normalized spacial score (nSPS) is 24.4. The number of fused-ring (bicyclic) bond motifs is 8. The maximum absolute atomic E-state index is 14.4. The third-order valence-corrected chi connectivity index (χ3v) is 14.8. The maximum atomic E-state index is 14.4. The fraction of sp³-hybridized carbons (Fsp3) is 0.600. The van der Waals surface area contributed by atoms with Crippen LogP contribution in [0, 0.1) is 55.3 Å². The van der Waals surface area contributed by atoms with Crippen molar-refractivity contribution in [3.05, 3.63) is 90.0 Å². The Hall–Kier alpha value is -4.09. The Kier molecular flexibility index (Phi) is 18.6. The summed E-state index contributed by atoms with van der Waals surface area (Å²) < 4.78 is 11.0. The molecule has 4 aliphatic rings. The van der Waals surface area contributed by atoms with Crippen molar-refractivity contribution in [2.24, 2.45) is 41.4 Å². The van der Waals surface area contributed by atoms with Crippen molar-refractivity contribution in [3.63, 3.8) is 0 Å². The molecule has 5 heterocycles. The number of rotatable bonds is 20. The van der Waals surface area contributed by atoms with Crippen LogP contribution in [0.1, 0.15) is 194 Å². The van der Waals surface area contributed by atoms with Gasteiger partial charge in [-0.3, -0.25) is 14.4 Å². The van der Waals surface area contributed by atoms with E-state index >= 15 is 0 Å². The van der Waals surface area contributed by atoms with E-state index < -0.39 is 17.8 Å². The Balaban J connectivity index is 0.00000817. The van der Waals surface area contributed by atoms with Crippen molar-refractivity contribution in [3.8, 4) is 0 Å². The molecule has 0 amide bonds. The van der Waals surface area contributed by atoms with Crippen LogP contribution >= 0.6 is 0 Å². The summed E-state index contributed by atoms with van der Waals surface area (Å²) in [6, 6.07) is -0.693. The summed E-state index contributed by atoms with van der Waals surface area (Å²) in [7, 11) is 1.27. The molecule has 3 aliphatic heterocycles. The maximum Gasteiger partial charge on any atom is 2.00 e. The average molecular weight is 912 g/mol. The van der Waals surface area contributed by atoms with Gasteiger partial charge >= 0.3 is 35.0 Å². The van der Waals surface area contributed by atoms with E-state index in [9.17, 15) is 19.2 Å². The second kappa shape index (κ2) is 23.3. The first-order valence-electron chi connectivity index (χ1n) is 24.6. The van der Waals surface area contributed by atoms with Gasteiger partial charge in [0.2, 0.25) is 0 Å². The molecule has 2 fully saturated rings. The van der Waals surface area contributed by atoms with Gasteiger partial charge in [-0.15, -0.1) is 22.8 Å². The second-order valence-electron chi connectivity index (χ2n) is 20.2. The van der Waals surface area contributed by atoms with E-state index in [1.54, 1.807) is 6.92 Å². The van der Waals surface area contributed by atoms with Gasteiger partial charge in [0, 0.05) is 17.5 Å². The Morgan fingerprint density at radius 2 is 1.41 bits per heavy atom. The van der Waals surface area contributed by atoms with Gasteiger partial charge in [-0.05, 0) is 94.5 Å². The van der Waals surface area contributed by atoms with Crippen LogP contribution in [0.25, 0.3) is 34.4 Å². The third-order valence-electron chi connectivity index (χ3n) is 14.8. The van der Waals surface area contributed by atoms with Crippen molar-refractivity contribution in [2.75, 3.05) is 13.7 Å². The Labute approximate surface area is 411 Å². The minimum Gasteiger partial charge on any atom is -0.681 e. The summed E-state index contributed by atoms with van der Waals surface area (Å²) >= 11 is 0. The summed E-state index contributed by atoms with van der Waals surface area (Å²) in [6.45, 7) is 23.3. The number of allylic oxidation sites excluding steroid dienone is 4. The van der Waals surface area contributed by atoms with E-state index in [2.05, 4.69) is 55.4 Å². The fourth-order valence-electron chi connectivity index (χ4n) is 10.7. The molecular formula is C55H74MgN4O6-2. The van der Waals surface area contributed by atoms with Gasteiger partial charge in [0.05, 0.1) is 7.11 Å². The van der Waals surface area contributed by atoms with Gasteiger partial charge in [0.1, 0.15) is 12.2 Å². The third kappa shape index (κ3) is 11.8. The number of hydrogen-bond donors (Lipinski definition) is 0. The number of esters is 2. The zero-order valence-electron chi connectivity index (χ0n) is 42.1. The van der Waals surface area contributed by atoms with Crippen LogP contribution < -0.4 is 9.97 Å². The number of ether oxygens (including phenoxy) is 2. The van der Waals surface area contributed by atoms with Crippen LogP contribution in [0.2, 0.25) is 0 Å². The number of methoxy groups -OCH3 is 1. The molecule has 7 atom stereocenters. The van der Waals surface area contributed by atoms with E-state index in [-0.39, 0.29) is 77.1 Å². The van der Waals surface area contributed by atoms with Crippen LogP contribution in [-0.4, -0.2) is 66.3 Å². The molecule has 0 saturated carbocycles. The summed E-state index contributed by atoms with van der Waals surface area (Å²) in [6.07, 6.45) is 20.4. The largest absolute Gasteiger partial charge is 2.00 e. The quantitative estimate of drug-likeness (QED) is 0.0420. The van der Waals surface area contributed by atoms with Crippen molar-refractivity contribution >= 4 is 70.4 Å². The number of carbonyl (C=O) groups is 4. The molecule has 354 valence electrons. The van der Waals surface area contributed by atoms with Gasteiger partial charge in [-0.25, -0.2) is 4.79 Å². The van der Waals surface area contributed by atoms with Crippen LogP contribution in [0.4, 0.5) is 0 Å². The first-order valence-corrected chi connectivity index (χ1v) is 24.6. The fourth-order valence-corrected chi connectivity index (χ4v) is 10.7. The number of Topliss-reactive ketones (excluding diaryl/α,β-unsaturated/α-hetero) is 2. The molecule has 2 aromatic rings. The van der Waals surface area contributed by atoms with Crippen molar-refractivity contribution in [1.29, 1.82) is 0 Å². The zero-order chi connectivity index (χ0) is 47.3. The Morgan fingerprint density at radius 1 is 0.788 bits per heavy atom. The molecule has 6 rings (SSSR count). The van der Waals surface area contributed by atoms with Crippen molar-refractivity contribution in [2.45, 2.75) is 159 Å². The molecule has 0 N–H and O–H groups in total. The first kappa shape index (κ1) is 52.9. The van der Waals surface area contributed by atoms with Crippen LogP contribution in [0.5, 0.6) is 0 Å². The van der Waals surface area contributed by atoms with Crippen LogP contribution in [0.15, 0.2) is 34.3 Å². The molecule has 11 heteroatoms. The predicted octanol–water partition coefficient (Wildman–Crippen LogP) is 12.7. The number of hydrogen-bond acceptors (Lipinski definition) is 6. The van der Waals surface area contributed by atoms with E-state index in [4.69, 9.17) is 30.1 Å². The van der Waals surface area contributed by atoms with E-state index in [1.807, 2.05) is 38.2 Å². The molecule has 0 aromatic carbocycles. The van der Waals surface area contributed by atoms with E-state index in [1.165, 1.54) is 57.6 Å². The van der Waals surface area contributed by atoms with E-state index in [0.717, 1.165) is 48.1 Å². The molecule has 10 nitrogen and oxygen atoms in total. The molecule has 0 radical (unpaired) electrons. The first-order chi connectivity index (χ1) is 30.9. The monoisotopic (exact) mass is 911 g/mol. The number of carbonyl (C=O) groups excluding carboxylic acids is 4. The van der Waals surface area contributed by atoms with Gasteiger partial charge in [0.15, 0.2) is 11.6 Å². The molecule has 2 aromatic heterocycles. The standard InChI is InChI=1S/C55H76N4O6.Mg/c1-13-39-34(7)41-29-46-48(38(11)60)36(9)43(57-46)27-42-35(8)40(52(58-42)50-51(55(63)64-12)54(62)49-37(10)44(59-53(49)50)28-45(39)56-41)23-24-47(61)65-26-25-33(6)22-16-21-32(5)20-15-19-31(4)18-14-17-30(2)3;/h25,27-32,34-35,39-40,52H,13-24,26H2,1-12H3,(H2-2,56,57,58,59,60,62,63);/q-2;+2/p-2/b33-25+;/t31-,32-,34-,35+,39-,40+,52?;/m1./s1. The molecule has 1 aliphatic carbocycles. The van der Waals surface area contributed by atoms with Crippen molar-refractivity contribution < 1.29 is 28.7 Å². The molecule has 8 bridgehead atoms. The van der Waals surface area contributed by atoms with Crippen LogP contribution in [-0.2, 0) is 19.1 Å². The summed E-state index contributed by atoms with van der Waals surface area (Å²) in [5.41, 5.74) is 8.52. The minimum absolute atomic E-state index is 0. The number of aromatic nitrogens is 2. The van der Waals surface area contributed by atoms with Crippen LogP contribution in [0.3, 0.4) is 0 Å². The van der Waals surface area contributed by atoms with E-state index in [0.29, 0.717) is 63.1 Å². The minimum atomic E-state index is -0.742. The Bertz CT molecular complexity index is 2280. The number of nitrogens with zero attached hydrogens (tertiary/aromatic N) is 4. The predicted molar refractivity (Wildman–Crippen MR) is 267 cm³/mol. The molecular weight excluding hydrogens is 837 g/mol. The average Bonchev–Trinajstić information content (AvgIpc) is 4.00. The summed E-state index contributed by atoms with van der Waals surface area (Å²) in [5, 5.41) is 10.4. The summed E-state index contributed by atoms with van der Waals surface area (Å²) in [4.78, 5) is 64.6. The second-order valence-corrected chi connectivity index (χ2v) is 20.2. The molecule has 1 unspecified atom stereocenters. The van der Waals surface area contributed by atoms with Gasteiger partial charge in [-0.1, -0.05) is 146 Å². The van der Waals surface area contributed by atoms with Crippen molar-refractivity contribution in [1.82, 2.24) is 9.97 Å². The Morgan fingerprint density at radius 3 is 2.05 bits per heavy atom. The molecule has 66 heavy (non-hydrogen) atoms.